The third kappa shape index (κ3) is 9.43. The fraction of sp³-hybridized carbons (Fsp3) is 0.333. The minimum atomic E-state index is -4.97. The summed E-state index contributed by atoms with van der Waals surface area (Å²) in [6.45, 7) is 2.03. The summed E-state index contributed by atoms with van der Waals surface area (Å²) in [6.07, 6.45) is -7.20. The number of pyridine rings is 1. The lowest BCUT2D eigenvalue weighted by Gasteiger charge is -2.29. The van der Waals surface area contributed by atoms with Crippen molar-refractivity contribution in [3.05, 3.63) is 99.5 Å². The Morgan fingerprint density at radius 3 is 2.21 bits per heavy atom. The molecule has 0 spiro atoms. The molecule has 0 aliphatic carbocycles. The maximum Gasteiger partial charge on any atom is 0.416 e. The van der Waals surface area contributed by atoms with Gasteiger partial charge in [-0.25, -0.2) is 9.59 Å². The minimum absolute atomic E-state index is 0.0758. The molecule has 13 heteroatoms. The molecule has 43 heavy (non-hydrogen) atoms. The van der Waals surface area contributed by atoms with E-state index < -0.39 is 54.3 Å². The molecule has 0 saturated heterocycles. The van der Waals surface area contributed by atoms with Crippen molar-refractivity contribution in [3.8, 4) is 0 Å². The van der Waals surface area contributed by atoms with Gasteiger partial charge >= 0.3 is 18.2 Å². The fourth-order valence-corrected chi connectivity index (χ4v) is 4.18. The Morgan fingerprint density at radius 2 is 1.63 bits per heavy atom. The average molecular weight is 604 g/mol. The van der Waals surface area contributed by atoms with Crippen LogP contribution in [0.15, 0.2) is 71.7 Å². The van der Waals surface area contributed by atoms with Crippen LogP contribution < -0.4 is 16.2 Å². The van der Waals surface area contributed by atoms with Crippen LogP contribution in [0.3, 0.4) is 0 Å². The molecular formula is C30H32F3N3O7. The number of amides is 2. The number of nitrogens with zero attached hydrogens (tertiary/aromatic N) is 1. The van der Waals surface area contributed by atoms with Gasteiger partial charge in [0.05, 0.1) is 18.7 Å². The molecule has 3 N–H and O–H groups in total. The van der Waals surface area contributed by atoms with E-state index in [1.807, 2.05) is 0 Å². The standard InChI is InChI=1S/C30H32F3N3O7/c1-18(2)25(26(38)30(31,32)33)35-24(37)16-36-15-21(13-19-9-11-22(12-10-19)28(40)42-3)14-23(27(36)39)34-29(41)43-17-20-7-5-4-6-8-20/h4-12,14-15,18,25-26,38H,13,16-17H2,1-3H3,(H,34,41)(H,35,37). The molecule has 0 aliphatic heterocycles. The number of ether oxygens (including phenoxy) is 2. The Morgan fingerprint density at radius 1 is 0.977 bits per heavy atom. The van der Waals surface area contributed by atoms with Gasteiger partial charge in [-0.15, -0.1) is 0 Å². The van der Waals surface area contributed by atoms with E-state index in [0.29, 0.717) is 22.3 Å². The molecule has 2 aromatic carbocycles. The second kappa shape index (κ2) is 14.5. The first-order chi connectivity index (χ1) is 20.3. The molecule has 230 valence electrons. The summed E-state index contributed by atoms with van der Waals surface area (Å²) in [4.78, 5) is 50.3. The number of hydrogen-bond acceptors (Lipinski definition) is 7. The number of carbonyl (C=O) groups is 3. The summed E-state index contributed by atoms with van der Waals surface area (Å²) in [5.41, 5.74) is 1.13. The van der Waals surface area contributed by atoms with Gasteiger partial charge in [0.25, 0.3) is 5.56 Å². The Kier molecular flexibility index (Phi) is 11.1. The Balaban J connectivity index is 1.87. The highest BCUT2D eigenvalue weighted by molar-refractivity contribution is 5.89. The van der Waals surface area contributed by atoms with E-state index in [1.165, 1.54) is 33.2 Å². The van der Waals surface area contributed by atoms with E-state index in [-0.39, 0.29) is 18.7 Å². The molecule has 1 heterocycles. The lowest BCUT2D eigenvalue weighted by Crippen LogP contribution is -2.53. The monoisotopic (exact) mass is 603 g/mol. The molecular weight excluding hydrogens is 571 g/mol. The second-order valence-electron chi connectivity index (χ2n) is 10.1. The van der Waals surface area contributed by atoms with Crippen molar-refractivity contribution in [1.82, 2.24) is 9.88 Å². The summed E-state index contributed by atoms with van der Waals surface area (Å²) >= 11 is 0. The number of hydrogen-bond donors (Lipinski definition) is 3. The predicted octanol–water partition coefficient (Wildman–Crippen LogP) is 4.04. The van der Waals surface area contributed by atoms with Crippen LogP contribution in [-0.2, 0) is 33.8 Å². The quantitative estimate of drug-likeness (QED) is 0.282. The normalized spacial score (nSPS) is 12.7. The van der Waals surface area contributed by atoms with Crippen molar-refractivity contribution in [2.45, 2.75) is 51.7 Å². The molecule has 10 nitrogen and oxygen atoms in total. The average Bonchev–Trinajstić information content (AvgIpc) is 2.96. The SMILES string of the molecule is COC(=O)c1ccc(Cc2cc(NC(=O)OCc3ccccc3)c(=O)n(CC(=O)NC(C(C)C)C(O)C(F)(F)F)c2)cc1. The summed E-state index contributed by atoms with van der Waals surface area (Å²) in [6, 6.07) is 14.9. The van der Waals surface area contributed by atoms with Crippen molar-refractivity contribution < 1.29 is 42.1 Å². The summed E-state index contributed by atoms with van der Waals surface area (Å²) in [7, 11) is 1.25. The van der Waals surface area contributed by atoms with Crippen molar-refractivity contribution in [1.29, 1.82) is 0 Å². The molecule has 2 unspecified atom stereocenters. The molecule has 3 aromatic rings. The zero-order valence-electron chi connectivity index (χ0n) is 23.7. The number of anilines is 1. The van der Waals surface area contributed by atoms with Gasteiger partial charge < -0.3 is 24.5 Å². The highest BCUT2D eigenvalue weighted by atomic mass is 19.4. The number of rotatable bonds is 11. The zero-order valence-corrected chi connectivity index (χ0v) is 23.7. The van der Waals surface area contributed by atoms with Crippen molar-refractivity contribution in [3.63, 3.8) is 0 Å². The van der Waals surface area contributed by atoms with Gasteiger partial charge in [-0.2, -0.15) is 13.2 Å². The van der Waals surface area contributed by atoms with Gasteiger partial charge in [0, 0.05) is 6.20 Å². The van der Waals surface area contributed by atoms with Gasteiger partial charge in [0.1, 0.15) is 18.8 Å². The van der Waals surface area contributed by atoms with Crippen LogP contribution in [0.5, 0.6) is 0 Å². The van der Waals surface area contributed by atoms with Gasteiger partial charge in [0.2, 0.25) is 5.91 Å². The molecule has 0 aliphatic rings. The summed E-state index contributed by atoms with van der Waals surface area (Å²) in [5, 5.41) is 14.3. The first-order valence-electron chi connectivity index (χ1n) is 13.2. The number of aliphatic hydroxyl groups is 1. The number of esters is 1. The van der Waals surface area contributed by atoms with Crippen LogP contribution in [0.25, 0.3) is 0 Å². The molecule has 0 radical (unpaired) electrons. The van der Waals surface area contributed by atoms with Gasteiger partial charge in [-0.3, -0.25) is 14.9 Å². The third-order valence-corrected chi connectivity index (χ3v) is 6.41. The minimum Gasteiger partial charge on any atom is -0.465 e. The van der Waals surface area contributed by atoms with E-state index in [0.717, 1.165) is 4.57 Å². The van der Waals surface area contributed by atoms with Gasteiger partial charge in [-0.1, -0.05) is 56.3 Å². The first kappa shape index (κ1) is 32.9. The van der Waals surface area contributed by atoms with Gasteiger partial charge in [-0.05, 0) is 47.2 Å². The molecule has 3 rings (SSSR count). The Bertz CT molecular complexity index is 1470. The zero-order chi connectivity index (χ0) is 31.7. The molecule has 0 fully saturated rings. The number of nitrogens with one attached hydrogen (secondary N) is 2. The van der Waals surface area contributed by atoms with Gasteiger partial charge in [0.15, 0.2) is 6.10 Å². The number of halogens is 3. The smallest absolute Gasteiger partial charge is 0.416 e. The van der Waals surface area contributed by atoms with Crippen LogP contribution >= 0.6 is 0 Å². The number of carbonyl (C=O) groups excluding carboxylic acids is 3. The van der Waals surface area contributed by atoms with E-state index in [4.69, 9.17) is 9.47 Å². The Labute approximate surface area is 245 Å². The van der Waals surface area contributed by atoms with Crippen LogP contribution in [0.1, 0.15) is 40.9 Å². The van der Waals surface area contributed by atoms with Crippen LogP contribution in [0.2, 0.25) is 0 Å². The lowest BCUT2D eigenvalue weighted by atomic mass is 9.98. The number of aliphatic hydroxyl groups excluding tert-OH is 1. The van der Waals surface area contributed by atoms with E-state index in [2.05, 4.69) is 10.6 Å². The number of alkyl halides is 3. The predicted molar refractivity (Wildman–Crippen MR) is 150 cm³/mol. The topological polar surface area (TPSA) is 136 Å². The van der Waals surface area contributed by atoms with Crippen molar-refractivity contribution in [2.75, 3.05) is 12.4 Å². The fourth-order valence-electron chi connectivity index (χ4n) is 4.18. The molecule has 0 saturated carbocycles. The van der Waals surface area contributed by atoms with E-state index >= 15 is 0 Å². The molecule has 2 atom stereocenters. The second-order valence-corrected chi connectivity index (χ2v) is 10.1. The highest BCUT2D eigenvalue weighted by Crippen LogP contribution is 2.25. The molecule has 1 aromatic heterocycles. The number of methoxy groups -OCH3 is 1. The first-order valence-corrected chi connectivity index (χ1v) is 13.2. The number of benzene rings is 2. The van der Waals surface area contributed by atoms with E-state index in [9.17, 15) is 37.5 Å². The number of aromatic nitrogens is 1. The maximum absolute atomic E-state index is 13.2. The summed E-state index contributed by atoms with van der Waals surface area (Å²) < 4.78 is 50.3. The summed E-state index contributed by atoms with van der Waals surface area (Å²) in [5.74, 6) is -2.27. The third-order valence-electron chi connectivity index (χ3n) is 6.41. The van der Waals surface area contributed by atoms with E-state index in [1.54, 1.807) is 54.6 Å². The van der Waals surface area contributed by atoms with Crippen LogP contribution in [0.4, 0.5) is 23.7 Å². The highest BCUT2D eigenvalue weighted by Gasteiger charge is 2.45. The molecule has 2 amide bonds. The lowest BCUT2D eigenvalue weighted by molar-refractivity contribution is -0.215. The maximum atomic E-state index is 13.2. The largest absolute Gasteiger partial charge is 0.465 e. The Hall–Kier alpha value is -4.65. The van der Waals surface area contributed by atoms with Crippen LogP contribution in [0, 0.1) is 5.92 Å². The van der Waals surface area contributed by atoms with Crippen molar-refractivity contribution in [2.24, 2.45) is 5.92 Å². The van der Waals surface area contributed by atoms with Crippen molar-refractivity contribution >= 4 is 23.7 Å². The molecule has 0 bridgehead atoms. The van der Waals surface area contributed by atoms with Crippen LogP contribution in [-0.4, -0.2) is 53.1 Å².